The zero-order valence-electron chi connectivity index (χ0n) is 7.70. The number of nitrogens with zero attached hydrogens (tertiary/aromatic N) is 3. The highest BCUT2D eigenvalue weighted by atomic mass is 15.2. The van der Waals surface area contributed by atoms with E-state index in [1.165, 1.54) is 0 Å². The first-order valence-corrected chi connectivity index (χ1v) is 3.93. The van der Waals surface area contributed by atoms with Gasteiger partial charge in [-0.3, -0.25) is 4.68 Å². The van der Waals surface area contributed by atoms with Crippen molar-refractivity contribution in [1.82, 2.24) is 9.78 Å². The lowest BCUT2D eigenvalue weighted by Crippen LogP contribution is -2.12. The van der Waals surface area contributed by atoms with Crippen LogP contribution in [0.25, 0.3) is 0 Å². The van der Waals surface area contributed by atoms with Crippen molar-refractivity contribution in [3.8, 4) is 6.07 Å². The normalized spacial score (nSPS) is 11.2. The Kier molecular flexibility index (Phi) is 2.18. The van der Waals surface area contributed by atoms with E-state index in [4.69, 9.17) is 5.26 Å². The highest BCUT2D eigenvalue weighted by Crippen LogP contribution is 2.18. The van der Waals surface area contributed by atoms with Crippen molar-refractivity contribution in [1.29, 1.82) is 5.26 Å². The van der Waals surface area contributed by atoms with Gasteiger partial charge in [-0.25, -0.2) is 0 Å². The fourth-order valence-corrected chi connectivity index (χ4v) is 1.05. The predicted octanol–water partition coefficient (Wildman–Crippen LogP) is 1.51. The van der Waals surface area contributed by atoms with Crippen molar-refractivity contribution in [2.75, 3.05) is 0 Å². The molecule has 0 N–H and O–H groups in total. The van der Waals surface area contributed by atoms with Crippen molar-refractivity contribution in [2.24, 2.45) is 12.5 Å². The summed E-state index contributed by atoms with van der Waals surface area (Å²) in [5.74, 6) is 0. The summed E-state index contributed by atoms with van der Waals surface area (Å²) in [4.78, 5) is 0. The molecule has 0 saturated carbocycles. The van der Waals surface area contributed by atoms with Crippen LogP contribution in [0.2, 0.25) is 0 Å². The van der Waals surface area contributed by atoms with Gasteiger partial charge in [-0.2, -0.15) is 10.4 Å². The Hall–Kier alpha value is -1.30. The molecule has 0 radical (unpaired) electrons. The second-order valence-corrected chi connectivity index (χ2v) is 3.65. The van der Waals surface area contributed by atoms with Crippen LogP contribution in [-0.2, 0) is 13.5 Å². The first kappa shape index (κ1) is 8.79. The maximum atomic E-state index is 8.78. The van der Waals surface area contributed by atoms with Crippen LogP contribution in [0.3, 0.4) is 0 Å². The van der Waals surface area contributed by atoms with Crippen molar-refractivity contribution in [3.63, 3.8) is 0 Å². The number of aryl methyl sites for hydroxylation is 1. The summed E-state index contributed by atoms with van der Waals surface area (Å²) in [6.07, 6.45) is 2.60. The summed E-state index contributed by atoms with van der Waals surface area (Å²) in [6, 6.07) is 4.19. The molecule has 0 spiro atoms. The minimum atomic E-state index is -0.311. The third kappa shape index (κ3) is 2.09. The maximum absolute atomic E-state index is 8.78. The molecule has 0 bridgehead atoms. The Morgan fingerprint density at radius 1 is 1.67 bits per heavy atom. The molecule has 0 unspecified atom stereocenters. The molecular formula is C9H13N3. The largest absolute Gasteiger partial charge is 0.276 e. The van der Waals surface area contributed by atoms with Crippen LogP contribution in [0, 0.1) is 16.7 Å². The second-order valence-electron chi connectivity index (χ2n) is 3.65. The van der Waals surface area contributed by atoms with Gasteiger partial charge in [0.25, 0.3) is 0 Å². The molecular weight excluding hydrogens is 150 g/mol. The Balaban J connectivity index is 2.72. The molecule has 0 aliphatic carbocycles. The third-order valence-corrected chi connectivity index (χ3v) is 1.69. The molecule has 1 rings (SSSR count). The lowest BCUT2D eigenvalue weighted by molar-refractivity contribution is 0.483. The molecule has 3 heteroatoms. The molecule has 0 aliphatic rings. The zero-order chi connectivity index (χ0) is 9.19. The summed E-state index contributed by atoms with van der Waals surface area (Å²) in [5, 5.41) is 13.0. The van der Waals surface area contributed by atoms with E-state index in [1.54, 1.807) is 4.68 Å². The molecule has 0 amide bonds. The fraction of sp³-hybridized carbons (Fsp3) is 0.556. The molecule has 3 nitrogen and oxygen atoms in total. The van der Waals surface area contributed by atoms with Crippen LogP contribution < -0.4 is 0 Å². The Bertz CT molecular complexity index is 304. The average molecular weight is 163 g/mol. The highest BCUT2D eigenvalue weighted by molar-refractivity contribution is 5.06. The van der Waals surface area contributed by atoms with Gasteiger partial charge >= 0.3 is 0 Å². The maximum Gasteiger partial charge on any atom is 0.0688 e. The molecule has 64 valence electrons. The van der Waals surface area contributed by atoms with Crippen LogP contribution in [-0.4, -0.2) is 9.78 Å². The van der Waals surface area contributed by atoms with Crippen LogP contribution in [0.5, 0.6) is 0 Å². The fourth-order valence-electron chi connectivity index (χ4n) is 1.05. The molecule has 0 saturated heterocycles. The predicted molar refractivity (Wildman–Crippen MR) is 46.3 cm³/mol. The molecule has 1 aromatic heterocycles. The van der Waals surface area contributed by atoms with E-state index in [0.717, 1.165) is 5.69 Å². The molecule has 0 fully saturated rings. The highest BCUT2D eigenvalue weighted by Gasteiger charge is 2.18. The summed E-state index contributed by atoms with van der Waals surface area (Å²) < 4.78 is 1.75. The van der Waals surface area contributed by atoms with Crippen LogP contribution >= 0.6 is 0 Å². The summed E-state index contributed by atoms with van der Waals surface area (Å²) >= 11 is 0. The van der Waals surface area contributed by atoms with E-state index in [-0.39, 0.29) is 5.41 Å². The van der Waals surface area contributed by atoms with Crippen molar-refractivity contribution < 1.29 is 0 Å². The molecule has 12 heavy (non-hydrogen) atoms. The van der Waals surface area contributed by atoms with Crippen molar-refractivity contribution in [3.05, 3.63) is 18.0 Å². The number of nitriles is 1. The smallest absolute Gasteiger partial charge is 0.0688 e. The minimum Gasteiger partial charge on any atom is -0.276 e. The van der Waals surface area contributed by atoms with Gasteiger partial charge in [0.1, 0.15) is 0 Å². The first-order valence-electron chi connectivity index (χ1n) is 3.93. The van der Waals surface area contributed by atoms with E-state index < -0.39 is 0 Å². The zero-order valence-corrected chi connectivity index (χ0v) is 7.70. The molecule has 0 aromatic carbocycles. The van der Waals surface area contributed by atoms with Crippen molar-refractivity contribution >= 4 is 0 Å². The summed E-state index contributed by atoms with van der Waals surface area (Å²) in [7, 11) is 1.88. The number of hydrogen-bond donors (Lipinski definition) is 0. The molecule has 1 aromatic rings. The standard InChI is InChI=1S/C9H13N3/c1-9(2,7-10)6-8-4-5-12(3)11-8/h4-5H,6H2,1-3H3. The van der Waals surface area contributed by atoms with E-state index >= 15 is 0 Å². The van der Waals surface area contributed by atoms with Gasteiger partial charge in [0, 0.05) is 19.7 Å². The van der Waals surface area contributed by atoms with Gasteiger partial charge in [0.15, 0.2) is 0 Å². The topological polar surface area (TPSA) is 41.6 Å². The third-order valence-electron chi connectivity index (χ3n) is 1.69. The number of aromatic nitrogens is 2. The molecule has 0 aliphatic heterocycles. The van der Waals surface area contributed by atoms with Gasteiger partial charge in [0.2, 0.25) is 0 Å². The lowest BCUT2D eigenvalue weighted by Gasteiger charge is -2.11. The first-order chi connectivity index (χ1) is 5.53. The van der Waals surface area contributed by atoms with E-state index in [2.05, 4.69) is 11.2 Å². The summed E-state index contributed by atoms with van der Waals surface area (Å²) in [6.45, 7) is 3.84. The average Bonchev–Trinajstić information content (AvgIpc) is 2.35. The van der Waals surface area contributed by atoms with E-state index in [9.17, 15) is 0 Å². The SMILES string of the molecule is Cn1ccc(CC(C)(C)C#N)n1. The van der Waals surface area contributed by atoms with Gasteiger partial charge in [-0.15, -0.1) is 0 Å². The van der Waals surface area contributed by atoms with Gasteiger partial charge in [-0.05, 0) is 19.9 Å². The molecule has 0 atom stereocenters. The van der Waals surface area contributed by atoms with Crippen LogP contribution in [0.4, 0.5) is 0 Å². The van der Waals surface area contributed by atoms with E-state index in [0.29, 0.717) is 6.42 Å². The number of hydrogen-bond acceptors (Lipinski definition) is 2. The Labute approximate surface area is 72.6 Å². The minimum absolute atomic E-state index is 0.311. The van der Waals surface area contributed by atoms with Gasteiger partial charge < -0.3 is 0 Å². The number of rotatable bonds is 2. The summed E-state index contributed by atoms with van der Waals surface area (Å²) in [5.41, 5.74) is 0.665. The quantitative estimate of drug-likeness (QED) is 0.663. The van der Waals surface area contributed by atoms with Gasteiger partial charge in [-0.1, -0.05) is 0 Å². The van der Waals surface area contributed by atoms with Crippen LogP contribution in [0.15, 0.2) is 12.3 Å². The lowest BCUT2D eigenvalue weighted by atomic mass is 9.90. The Morgan fingerprint density at radius 2 is 2.33 bits per heavy atom. The molecule has 1 heterocycles. The Morgan fingerprint density at radius 3 is 2.75 bits per heavy atom. The van der Waals surface area contributed by atoms with E-state index in [1.807, 2.05) is 33.2 Å². The van der Waals surface area contributed by atoms with Crippen LogP contribution in [0.1, 0.15) is 19.5 Å². The monoisotopic (exact) mass is 163 g/mol. The van der Waals surface area contributed by atoms with Gasteiger partial charge in [0.05, 0.1) is 17.2 Å². The second kappa shape index (κ2) is 2.98. The van der Waals surface area contributed by atoms with Crippen molar-refractivity contribution in [2.45, 2.75) is 20.3 Å².